The molecule has 126 valence electrons. The van der Waals surface area contributed by atoms with Gasteiger partial charge in [-0.05, 0) is 18.6 Å². The number of nitrogens with one attached hydrogen (secondary N) is 1. The van der Waals surface area contributed by atoms with Crippen LogP contribution in [0.15, 0.2) is 18.2 Å². The highest BCUT2D eigenvalue weighted by Gasteiger charge is 2.22. The van der Waals surface area contributed by atoms with E-state index in [4.69, 9.17) is 18.9 Å². The average Bonchev–Trinajstić information content (AvgIpc) is 3.06. The maximum atomic E-state index is 12.1. The Bertz CT molecular complexity index is 551. The number of morpholine rings is 1. The molecule has 2 amide bonds. The van der Waals surface area contributed by atoms with E-state index in [1.165, 1.54) is 0 Å². The maximum absolute atomic E-state index is 12.1. The highest BCUT2D eigenvalue weighted by atomic mass is 16.7. The molecule has 1 saturated heterocycles. The van der Waals surface area contributed by atoms with Crippen LogP contribution in [0.25, 0.3) is 0 Å². The lowest BCUT2D eigenvalue weighted by atomic mass is 10.2. The summed E-state index contributed by atoms with van der Waals surface area (Å²) >= 11 is 0. The van der Waals surface area contributed by atoms with Crippen LogP contribution in [-0.2, 0) is 4.74 Å². The summed E-state index contributed by atoms with van der Waals surface area (Å²) in [4.78, 5) is 13.9. The summed E-state index contributed by atoms with van der Waals surface area (Å²) in [6, 6.07) is 5.36. The number of ether oxygens (including phenoxy) is 4. The number of benzene rings is 1. The predicted molar refractivity (Wildman–Crippen MR) is 83.1 cm³/mol. The van der Waals surface area contributed by atoms with Crippen molar-refractivity contribution in [3.05, 3.63) is 18.2 Å². The van der Waals surface area contributed by atoms with Crippen LogP contribution in [0.1, 0.15) is 13.3 Å². The molecule has 0 radical (unpaired) electrons. The second-order valence-electron chi connectivity index (χ2n) is 5.44. The van der Waals surface area contributed by atoms with Crippen molar-refractivity contribution in [2.45, 2.75) is 19.4 Å². The Balaban J connectivity index is 1.38. The average molecular weight is 322 g/mol. The van der Waals surface area contributed by atoms with Crippen LogP contribution in [-0.4, -0.2) is 56.7 Å². The standard InChI is InChI=1S/C16H22N2O5/c1-2-12-10-18(6-8-21-12)16(19)17-5-7-20-13-3-4-14-15(9-13)23-11-22-14/h3-4,9,12H,2,5-8,10-11H2,1H3,(H,17,19)/t12-/m0/s1. The van der Waals surface area contributed by atoms with E-state index in [1.807, 2.05) is 12.1 Å². The highest BCUT2D eigenvalue weighted by Crippen LogP contribution is 2.34. The van der Waals surface area contributed by atoms with Gasteiger partial charge in [-0.15, -0.1) is 0 Å². The molecule has 7 nitrogen and oxygen atoms in total. The van der Waals surface area contributed by atoms with Gasteiger partial charge in [-0.2, -0.15) is 0 Å². The summed E-state index contributed by atoms with van der Waals surface area (Å²) in [5.74, 6) is 2.11. The van der Waals surface area contributed by atoms with E-state index in [-0.39, 0.29) is 18.9 Å². The molecule has 1 atom stereocenters. The molecule has 2 aliphatic heterocycles. The molecule has 1 fully saturated rings. The Morgan fingerprint density at radius 2 is 2.26 bits per heavy atom. The van der Waals surface area contributed by atoms with Gasteiger partial charge in [0.05, 0.1) is 19.3 Å². The SMILES string of the molecule is CC[C@H]1CN(C(=O)NCCOc2ccc3c(c2)OCO3)CCO1. The van der Waals surface area contributed by atoms with E-state index in [0.29, 0.717) is 44.3 Å². The largest absolute Gasteiger partial charge is 0.492 e. The molecule has 23 heavy (non-hydrogen) atoms. The van der Waals surface area contributed by atoms with E-state index in [0.717, 1.165) is 12.2 Å². The quantitative estimate of drug-likeness (QED) is 0.834. The third-order valence-corrected chi connectivity index (χ3v) is 3.87. The molecule has 2 aliphatic rings. The molecule has 0 spiro atoms. The zero-order valence-electron chi connectivity index (χ0n) is 13.2. The Morgan fingerprint density at radius 3 is 3.13 bits per heavy atom. The fraction of sp³-hybridized carbons (Fsp3) is 0.562. The van der Waals surface area contributed by atoms with E-state index in [1.54, 1.807) is 11.0 Å². The molecular formula is C16H22N2O5. The van der Waals surface area contributed by atoms with Gasteiger partial charge >= 0.3 is 6.03 Å². The number of carbonyl (C=O) groups excluding carboxylic acids is 1. The van der Waals surface area contributed by atoms with E-state index in [2.05, 4.69) is 12.2 Å². The van der Waals surface area contributed by atoms with Crippen LogP contribution in [0.2, 0.25) is 0 Å². The number of amides is 2. The third-order valence-electron chi connectivity index (χ3n) is 3.87. The summed E-state index contributed by atoms with van der Waals surface area (Å²) < 4.78 is 21.7. The number of fused-ring (bicyclic) bond motifs is 1. The zero-order valence-corrected chi connectivity index (χ0v) is 13.2. The molecule has 0 aliphatic carbocycles. The van der Waals surface area contributed by atoms with Crippen molar-refractivity contribution >= 4 is 6.03 Å². The molecule has 2 heterocycles. The van der Waals surface area contributed by atoms with E-state index < -0.39 is 0 Å². The van der Waals surface area contributed by atoms with Crippen molar-refractivity contribution in [3.63, 3.8) is 0 Å². The van der Waals surface area contributed by atoms with E-state index >= 15 is 0 Å². The van der Waals surface area contributed by atoms with E-state index in [9.17, 15) is 4.79 Å². The van der Waals surface area contributed by atoms with Crippen molar-refractivity contribution in [2.75, 3.05) is 39.6 Å². The summed E-state index contributed by atoms with van der Waals surface area (Å²) in [5.41, 5.74) is 0. The maximum Gasteiger partial charge on any atom is 0.317 e. The lowest BCUT2D eigenvalue weighted by Crippen LogP contribution is -2.50. The third kappa shape index (κ3) is 3.98. The van der Waals surface area contributed by atoms with Gasteiger partial charge in [0.2, 0.25) is 6.79 Å². The summed E-state index contributed by atoms with van der Waals surface area (Å²) in [6.45, 7) is 5.02. The molecule has 7 heteroatoms. The minimum absolute atomic E-state index is 0.0685. The molecular weight excluding hydrogens is 300 g/mol. The minimum Gasteiger partial charge on any atom is -0.492 e. The van der Waals surface area contributed by atoms with Crippen molar-refractivity contribution in [1.82, 2.24) is 10.2 Å². The summed E-state index contributed by atoms with van der Waals surface area (Å²) in [5, 5.41) is 2.87. The van der Waals surface area contributed by atoms with Gasteiger partial charge in [-0.25, -0.2) is 4.79 Å². The normalized spacial score (nSPS) is 19.5. The first-order valence-electron chi connectivity index (χ1n) is 7.93. The van der Waals surface area contributed by atoms with Crippen LogP contribution in [0.4, 0.5) is 4.79 Å². The van der Waals surface area contributed by atoms with Gasteiger partial charge in [0.15, 0.2) is 11.5 Å². The van der Waals surface area contributed by atoms with Gasteiger partial charge in [0.1, 0.15) is 12.4 Å². The zero-order chi connectivity index (χ0) is 16.1. The lowest BCUT2D eigenvalue weighted by molar-refractivity contribution is -0.0154. The molecule has 1 aromatic rings. The molecule has 0 saturated carbocycles. The Labute approximate surface area is 135 Å². The Kier molecular flexibility index (Phi) is 5.07. The number of hydrogen-bond acceptors (Lipinski definition) is 5. The number of hydrogen-bond donors (Lipinski definition) is 1. The van der Waals surface area contributed by atoms with Crippen LogP contribution in [0.5, 0.6) is 17.2 Å². The van der Waals surface area contributed by atoms with Gasteiger partial charge in [0, 0.05) is 19.2 Å². The molecule has 1 aromatic carbocycles. The second-order valence-corrected chi connectivity index (χ2v) is 5.44. The van der Waals surface area contributed by atoms with Gasteiger partial charge < -0.3 is 29.2 Å². The summed E-state index contributed by atoms with van der Waals surface area (Å²) in [7, 11) is 0. The number of nitrogens with zero attached hydrogens (tertiary/aromatic N) is 1. The highest BCUT2D eigenvalue weighted by molar-refractivity contribution is 5.74. The van der Waals surface area contributed by atoms with Crippen LogP contribution < -0.4 is 19.5 Å². The predicted octanol–water partition coefficient (Wildman–Crippen LogP) is 1.61. The number of carbonyl (C=O) groups is 1. The van der Waals surface area contributed by atoms with Crippen LogP contribution in [0.3, 0.4) is 0 Å². The van der Waals surface area contributed by atoms with Crippen molar-refractivity contribution in [2.24, 2.45) is 0 Å². The van der Waals surface area contributed by atoms with Crippen molar-refractivity contribution in [1.29, 1.82) is 0 Å². The van der Waals surface area contributed by atoms with Crippen molar-refractivity contribution in [3.8, 4) is 17.2 Å². The molecule has 0 unspecified atom stereocenters. The number of urea groups is 1. The van der Waals surface area contributed by atoms with Gasteiger partial charge in [-0.3, -0.25) is 0 Å². The first kappa shape index (κ1) is 15.7. The fourth-order valence-corrected chi connectivity index (χ4v) is 2.56. The summed E-state index contributed by atoms with van der Waals surface area (Å²) in [6.07, 6.45) is 1.05. The molecule has 1 N–H and O–H groups in total. The molecule has 0 aromatic heterocycles. The molecule has 0 bridgehead atoms. The Hall–Kier alpha value is -2.15. The molecule has 3 rings (SSSR count). The van der Waals surface area contributed by atoms with Gasteiger partial charge in [0.25, 0.3) is 0 Å². The van der Waals surface area contributed by atoms with Crippen LogP contribution >= 0.6 is 0 Å². The monoisotopic (exact) mass is 322 g/mol. The lowest BCUT2D eigenvalue weighted by Gasteiger charge is -2.32. The minimum atomic E-state index is -0.0685. The topological polar surface area (TPSA) is 69.3 Å². The number of rotatable bonds is 5. The van der Waals surface area contributed by atoms with Crippen LogP contribution in [0, 0.1) is 0 Å². The Morgan fingerprint density at radius 1 is 1.39 bits per heavy atom. The fourth-order valence-electron chi connectivity index (χ4n) is 2.56. The smallest absolute Gasteiger partial charge is 0.317 e. The first-order chi connectivity index (χ1) is 11.3. The second kappa shape index (κ2) is 7.41. The van der Waals surface area contributed by atoms with Gasteiger partial charge in [-0.1, -0.05) is 6.92 Å². The first-order valence-corrected chi connectivity index (χ1v) is 7.93. The van der Waals surface area contributed by atoms with Crippen molar-refractivity contribution < 1.29 is 23.7 Å².